The lowest BCUT2D eigenvalue weighted by Crippen LogP contribution is -2.30. The van der Waals surface area contributed by atoms with E-state index in [0.29, 0.717) is 17.6 Å². The van der Waals surface area contributed by atoms with Crippen LogP contribution < -0.4 is 10.2 Å². The Kier molecular flexibility index (Phi) is 5.92. The molecular formula is C27H27N5S. The van der Waals surface area contributed by atoms with E-state index < -0.39 is 0 Å². The molecule has 1 saturated heterocycles. The second-order valence-corrected chi connectivity index (χ2v) is 9.01. The van der Waals surface area contributed by atoms with E-state index in [1.54, 1.807) is 0 Å². The van der Waals surface area contributed by atoms with Gasteiger partial charge in [-0.2, -0.15) is 0 Å². The number of nitrogens with one attached hydrogen (secondary N) is 1. The second kappa shape index (κ2) is 9.16. The number of pyridine rings is 2. The highest BCUT2D eigenvalue weighted by Crippen LogP contribution is 2.41. The smallest absolute Gasteiger partial charge is 0.174 e. The van der Waals surface area contributed by atoms with Gasteiger partial charge in [-0.1, -0.05) is 38.1 Å². The van der Waals surface area contributed by atoms with Gasteiger partial charge in [0.25, 0.3) is 0 Å². The summed E-state index contributed by atoms with van der Waals surface area (Å²) in [7, 11) is 0. The lowest BCUT2D eigenvalue weighted by atomic mass is 9.99. The molecule has 5 rings (SSSR count). The topological polar surface area (TPSA) is 46.0 Å². The zero-order valence-corrected chi connectivity index (χ0v) is 19.6. The zero-order valence-electron chi connectivity index (χ0n) is 18.8. The van der Waals surface area contributed by atoms with Crippen molar-refractivity contribution >= 4 is 23.0 Å². The summed E-state index contributed by atoms with van der Waals surface area (Å²) in [6.45, 7) is 5.12. The Morgan fingerprint density at radius 3 is 2.33 bits per heavy atom. The fourth-order valence-corrected chi connectivity index (χ4v) is 4.81. The van der Waals surface area contributed by atoms with E-state index in [9.17, 15) is 0 Å². The van der Waals surface area contributed by atoms with Crippen LogP contribution in [0, 0.1) is 0 Å². The van der Waals surface area contributed by atoms with Gasteiger partial charge in [-0.05, 0) is 72.2 Å². The molecule has 1 aromatic carbocycles. The van der Waals surface area contributed by atoms with Crippen molar-refractivity contribution in [3.05, 3.63) is 114 Å². The predicted molar refractivity (Wildman–Crippen MR) is 136 cm³/mol. The molecule has 0 unspecified atom stereocenters. The number of rotatable bonds is 6. The molecule has 1 N–H and O–H groups in total. The van der Waals surface area contributed by atoms with E-state index in [4.69, 9.17) is 12.2 Å². The van der Waals surface area contributed by atoms with E-state index >= 15 is 0 Å². The minimum Gasteiger partial charge on any atom is -0.351 e. The van der Waals surface area contributed by atoms with Crippen LogP contribution in [0.15, 0.2) is 91.4 Å². The standard InChI is InChI=1S/C27H27N5S/c1-19(2)20-11-13-22(14-12-20)32-26(25(30-27(32)33)23-9-4-6-16-29-23)24-10-7-17-31(24)18-21-8-3-5-15-28-21/h3-17,19,25-26H,18H2,1-2H3,(H,30,33)/t25-,26+/m1/s1. The van der Waals surface area contributed by atoms with Gasteiger partial charge < -0.3 is 14.8 Å². The van der Waals surface area contributed by atoms with Gasteiger partial charge in [0.2, 0.25) is 0 Å². The summed E-state index contributed by atoms with van der Waals surface area (Å²) >= 11 is 5.87. The first-order valence-electron chi connectivity index (χ1n) is 11.3. The van der Waals surface area contributed by atoms with Crippen LogP contribution in [0.5, 0.6) is 0 Å². The fraction of sp³-hybridized carbons (Fsp3) is 0.222. The number of aromatic nitrogens is 3. The number of benzene rings is 1. The highest BCUT2D eigenvalue weighted by Gasteiger charge is 2.42. The van der Waals surface area contributed by atoms with Crippen LogP contribution in [0.3, 0.4) is 0 Å². The molecule has 2 atom stereocenters. The Labute approximate surface area is 200 Å². The van der Waals surface area contributed by atoms with Crippen molar-refractivity contribution in [1.29, 1.82) is 0 Å². The third kappa shape index (κ3) is 4.26. The summed E-state index contributed by atoms with van der Waals surface area (Å²) in [6, 6.07) is 24.9. The molecule has 6 heteroatoms. The van der Waals surface area contributed by atoms with Crippen molar-refractivity contribution in [3.8, 4) is 0 Å². The highest BCUT2D eigenvalue weighted by molar-refractivity contribution is 7.80. The van der Waals surface area contributed by atoms with Gasteiger partial charge in [0.1, 0.15) is 6.04 Å². The molecule has 0 spiro atoms. The SMILES string of the molecule is CC(C)c1ccc(N2C(=S)N[C@H](c3ccccn3)[C@@H]2c2cccn2Cc2ccccn2)cc1. The molecule has 4 heterocycles. The summed E-state index contributed by atoms with van der Waals surface area (Å²) in [5.74, 6) is 0.482. The Morgan fingerprint density at radius 1 is 0.909 bits per heavy atom. The zero-order chi connectivity index (χ0) is 22.8. The predicted octanol–water partition coefficient (Wildman–Crippen LogP) is 5.63. The van der Waals surface area contributed by atoms with Gasteiger partial charge >= 0.3 is 0 Å². The molecule has 3 aromatic heterocycles. The van der Waals surface area contributed by atoms with Crippen LogP contribution in [0.4, 0.5) is 5.69 Å². The van der Waals surface area contributed by atoms with Crippen molar-refractivity contribution in [3.63, 3.8) is 0 Å². The minimum atomic E-state index is -0.0687. The van der Waals surface area contributed by atoms with Gasteiger partial charge in [-0.3, -0.25) is 9.97 Å². The third-order valence-electron chi connectivity index (χ3n) is 6.16. The summed E-state index contributed by atoms with van der Waals surface area (Å²) in [5.41, 5.74) is 5.54. The average Bonchev–Trinajstić information content (AvgIpc) is 3.44. The molecule has 1 aliphatic heterocycles. The number of hydrogen-bond acceptors (Lipinski definition) is 3. The molecule has 33 heavy (non-hydrogen) atoms. The third-order valence-corrected chi connectivity index (χ3v) is 6.48. The molecule has 5 nitrogen and oxygen atoms in total. The van der Waals surface area contributed by atoms with Crippen molar-refractivity contribution in [2.24, 2.45) is 0 Å². The number of anilines is 1. The molecule has 0 bridgehead atoms. The Balaban J connectivity index is 1.58. The van der Waals surface area contributed by atoms with Crippen LogP contribution in [0.25, 0.3) is 0 Å². The Morgan fingerprint density at radius 2 is 1.67 bits per heavy atom. The van der Waals surface area contributed by atoms with E-state index in [-0.39, 0.29) is 12.1 Å². The second-order valence-electron chi connectivity index (χ2n) is 8.62. The van der Waals surface area contributed by atoms with Crippen LogP contribution >= 0.6 is 12.2 Å². The van der Waals surface area contributed by atoms with Crippen LogP contribution in [0.2, 0.25) is 0 Å². The summed E-state index contributed by atoms with van der Waals surface area (Å²) < 4.78 is 2.26. The van der Waals surface area contributed by atoms with E-state index in [2.05, 4.69) is 93.3 Å². The van der Waals surface area contributed by atoms with Crippen LogP contribution in [-0.4, -0.2) is 19.6 Å². The van der Waals surface area contributed by atoms with Gasteiger partial charge in [-0.15, -0.1) is 0 Å². The fourth-order valence-electron chi connectivity index (χ4n) is 4.46. The van der Waals surface area contributed by atoms with Crippen LogP contribution in [-0.2, 0) is 6.54 Å². The Hall–Kier alpha value is -3.51. The molecule has 1 fully saturated rings. The maximum absolute atomic E-state index is 5.87. The van der Waals surface area contributed by atoms with E-state index in [1.807, 2.05) is 36.7 Å². The maximum atomic E-state index is 5.87. The van der Waals surface area contributed by atoms with Crippen LogP contribution in [0.1, 0.15) is 54.5 Å². The van der Waals surface area contributed by atoms with Gasteiger partial charge in [0, 0.05) is 30.0 Å². The number of nitrogens with zero attached hydrogens (tertiary/aromatic N) is 4. The van der Waals surface area contributed by atoms with Crippen molar-refractivity contribution in [1.82, 2.24) is 19.9 Å². The van der Waals surface area contributed by atoms with Gasteiger partial charge in [-0.25, -0.2) is 0 Å². The quantitative estimate of drug-likeness (QED) is 0.384. The normalized spacial score (nSPS) is 18.0. The van der Waals surface area contributed by atoms with Gasteiger partial charge in [0.05, 0.1) is 24.0 Å². The number of thiocarbonyl (C=S) groups is 1. The monoisotopic (exact) mass is 453 g/mol. The average molecular weight is 454 g/mol. The highest BCUT2D eigenvalue weighted by atomic mass is 32.1. The Bertz CT molecular complexity index is 1220. The molecule has 166 valence electrons. The lowest BCUT2D eigenvalue weighted by Gasteiger charge is -2.29. The summed E-state index contributed by atoms with van der Waals surface area (Å²) in [6.07, 6.45) is 5.79. The molecule has 0 amide bonds. The van der Waals surface area contributed by atoms with Crippen molar-refractivity contribution in [2.75, 3.05) is 4.90 Å². The lowest BCUT2D eigenvalue weighted by molar-refractivity contribution is 0.532. The first kappa shape index (κ1) is 21.3. The summed E-state index contributed by atoms with van der Waals surface area (Å²) in [5, 5.41) is 4.26. The molecular weight excluding hydrogens is 426 g/mol. The minimum absolute atomic E-state index is 0.0454. The van der Waals surface area contributed by atoms with E-state index in [1.165, 1.54) is 5.56 Å². The molecule has 4 aromatic rings. The van der Waals surface area contributed by atoms with Crippen molar-refractivity contribution in [2.45, 2.75) is 38.4 Å². The molecule has 1 aliphatic rings. The van der Waals surface area contributed by atoms with Crippen molar-refractivity contribution < 1.29 is 0 Å². The summed E-state index contributed by atoms with van der Waals surface area (Å²) in [4.78, 5) is 11.4. The molecule has 0 aliphatic carbocycles. The first-order chi connectivity index (χ1) is 16.1. The van der Waals surface area contributed by atoms with E-state index in [0.717, 1.165) is 22.8 Å². The first-order valence-corrected chi connectivity index (χ1v) is 11.7. The van der Waals surface area contributed by atoms with Gasteiger partial charge in [0.15, 0.2) is 5.11 Å². The molecule has 0 saturated carbocycles. The number of hydrogen-bond donors (Lipinski definition) is 1. The maximum Gasteiger partial charge on any atom is 0.174 e. The largest absolute Gasteiger partial charge is 0.351 e. The molecule has 0 radical (unpaired) electrons.